The van der Waals surface area contributed by atoms with Gasteiger partial charge >= 0.3 is 6.01 Å². The quantitative estimate of drug-likeness (QED) is 0.471. The molecule has 2 fully saturated rings. The second-order valence-electron chi connectivity index (χ2n) is 9.77. The van der Waals surface area contributed by atoms with Gasteiger partial charge in [0.15, 0.2) is 5.82 Å². The number of nitrogens with zero attached hydrogens (tertiary/aromatic N) is 5. The van der Waals surface area contributed by atoms with Gasteiger partial charge < -0.3 is 24.4 Å². The Morgan fingerprint density at radius 3 is 2.63 bits per heavy atom. The minimum Gasteiger partial charge on any atom is -0.462 e. The Balaban J connectivity index is 1.64. The maximum Gasteiger partial charge on any atom is 0.319 e. The Morgan fingerprint density at radius 2 is 1.92 bits per heavy atom. The zero-order chi connectivity index (χ0) is 27.1. The second-order valence-corrected chi connectivity index (χ2v) is 9.77. The van der Waals surface area contributed by atoms with Gasteiger partial charge in [0.25, 0.3) is 0 Å². The summed E-state index contributed by atoms with van der Waals surface area (Å²) in [7, 11) is 2.07. The number of aromatic nitrogens is 2. The van der Waals surface area contributed by atoms with Crippen LogP contribution in [0.4, 0.5) is 14.6 Å². The van der Waals surface area contributed by atoms with Crippen LogP contribution in [0.2, 0.25) is 0 Å². The predicted octanol–water partition coefficient (Wildman–Crippen LogP) is 3.04. The summed E-state index contributed by atoms with van der Waals surface area (Å²) in [4.78, 5) is 15.8. The number of hydrogen-bond acceptors (Lipinski definition) is 8. The summed E-state index contributed by atoms with van der Waals surface area (Å²) in [5.41, 5.74) is 1.45. The molecule has 1 N–H and O–H groups in total. The van der Waals surface area contributed by atoms with Gasteiger partial charge in [0, 0.05) is 57.6 Å². The third kappa shape index (κ3) is 7.13. The van der Waals surface area contributed by atoms with E-state index in [1.54, 1.807) is 6.92 Å². The molecule has 0 spiro atoms. The highest BCUT2D eigenvalue weighted by molar-refractivity contribution is 5.91. The molecule has 10 heteroatoms. The van der Waals surface area contributed by atoms with Crippen LogP contribution in [0.5, 0.6) is 6.01 Å². The lowest BCUT2D eigenvalue weighted by Crippen LogP contribution is -2.45. The highest BCUT2D eigenvalue weighted by Crippen LogP contribution is 2.33. The summed E-state index contributed by atoms with van der Waals surface area (Å²) in [5, 5.41) is 9.63. The standard InChI is InChI=1S/C28H37F2N5O3/c1-20(19-36)5-4-6-22(29)18-23-21(2)17-24-26(25(23)30)31-28(38-16-13-34-11-14-37-15-12-34)32-27(24)35-9-7-33(3)8-10-35/h4-6,17,36H,1,7-16,18-19H2,2-3H3/b5-4-,22-6+. The number of hydrogen-bond donors (Lipinski definition) is 1. The van der Waals surface area contributed by atoms with Crippen LogP contribution in [-0.4, -0.2) is 104 Å². The number of ether oxygens (including phenoxy) is 2. The molecule has 1 aromatic carbocycles. The smallest absolute Gasteiger partial charge is 0.319 e. The average molecular weight is 530 g/mol. The van der Waals surface area contributed by atoms with Crippen molar-refractivity contribution in [2.24, 2.45) is 0 Å². The molecule has 4 rings (SSSR count). The molecule has 0 aliphatic carbocycles. The van der Waals surface area contributed by atoms with E-state index in [0.717, 1.165) is 39.3 Å². The van der Waals surface area contributed by atoms with Gasteiger partial charge in [-0.05, 0) is 42.8 Å². The molecule has 2 aliphatic rings. The fraction of sp³-hybridized carbons (Fsp3) is 0.500. The Kier molecular flexibility index (Phi) is 9.79. The van der Waals surface area contributed by atoms with Gasteiger partial charge in [-0.15, -0.1) is 0 Å². The number of anilines is 1. The van der Waals surface area contributed by atoms with Gasteiger partial charge in [0.05, 0.1) is 19.8 Å². The fourth-order valence-corrected chi connectivity index (χ4v) is 4.56. The Hall–Kier alpha value is -2.92. The first-order chi connectivity index (χ1) is 18.4. The summed E-state index contributed by atoms with van der Waals surface area (Å²) >= 11 is 0. The highest BCUT2D eigenvalue weighted by Gasteiger charge is 2.24. The maximum atomic E-state index is 15.9. The van der Waals surface area contributed by atoms with E-state index in [0.29, 0.717) is 48.7 Å². The summed E-state index contributed by atoms with van der Waals surface area (Å²) in [5.74, 6) is -0.439. The van der Waals surface area contributed by atoms with Crippen LogP contribution in [-0.2, 0) is 11.2 Å². The van der Waals surface area contributed by atoms with Crippen LogP contribution in [0.1, 0.15) is 11.1 Å². The Bertz CT molecular complexity index is 1190. The first kappa shape index (κ1) is 28.1. The van der Waals surface area contributed by atoms with E-state index >= 15 is 4.39 Å². The van der Waals surface area contributed by atoms with E-state index in [-0.39, 0.29) is 30.1 Å². The molecule has 0 amide bonds. The lowest BCUT2D eigenvalue weighted by molar-refractivity contribution is 0.0317. The van der Waals surface area contributed by atoms with Gasteiger partial charge in [-0.3, -0.25) is 4.90 Å². The number of likely N-dealkylation sites (N-methyl/N-ethyl adjacent to an activating group) is 1. The lowest BCUT2D eigenvalue weighted by Gasteiger charge is -2.34. The molecule has 8 nitrogen and oxygen atoms in total. The summed E-state index contributed by atoms with van der Waals surface area (Å²) in [6, 6.07) is 1.96. The Labute approximate surface area is 222 Å². The number of halogens is 2. The number of allylic oxidation sites excluding steroid dienone is 3. The zero-order valence-electron chi connectivity index (χ0n) is 22.3. The third-order valence-electron chi connectivity index (χ3n) is 6.92. The third-order valence-corrected chi connectivity index (χ3v) is 6.92. The van der Waals surface area contributed by atoms with E-state index < -0.39 is 11.6 Å². The number of aryl methyl sites for hydroxylation is 1. The number of aliphatic hydroxyl groups excluding tert-OH is 1. The van der Waals surface area contributed by atoms with E-state index in [1.807, 2.05) is 6.07 Å². The first-order valence-electron chi connectivity index (χ1n) is 13.0. The van der Waals surface area contributed by atoms with Crippen molar-refractivity contribution in [3.05, 3.63) is 59.2 Å². The van der Waals surface area contributed by atoms with Gasteiger partial charge in [0.1, 0.15) is 23.8 Å². The van der Waals surface area contributed by atoms with E-state index in [4.69, 9.17) is 19.6 Å². The summed E-state index contributed by atoms with van der Waals surface area (Å²) in [6.07, 6.45) is 4.00. The maximum absolute atomic E-state index is 15.9. The van der Waals surface area contributed by atoms with Gasteiger partial charge in [-0.1, -0.05) is 18.7 Å². The van der Waals surface area contributed by atoms with Crippen LogP contribution < -0.4 is 9.64 Å². The number of benzene rings is 1. The van der Waals surface area contributed by atoms with Crippen molar-refractivity contribution in [2.45, 2.75) is 13.3 Å². The molecule has 0 saturated carbocycles. The number of rotatable bonds is 10. The summed E-state index contributed by atoms with van der Waals surface area (Å²) < 4.78 is 42.0. The first-order valence-corrected chi connectivity index (χ1v) is 13.0. The molecule has 38 heavy (non-hydrogen) atoms. The van der Waals surface area contributed by atoms with E-state index in [9.17, 15) is 4.39 Å². The van der Waals surface area contributed by atoms with Crippen LogP contribution >= 0.6 is 0 Å². The van der Waals surface area contributed by atoms with Crippen LogP contribution in [0, 0.1) is 12.7 Å². The van der Waals surface area contributed by atoms with Crippen molar-refractivity contribution < 1.29 is 23.4 Å². The Morgan fingerprint density at radius 1 is 1.18 bits per heavy atom. The van der Waals surface area contributed by atoms with Gasteiger partial charge in [-0.25, -0.2) is 8.78 Å². The monoisotopic (exact) mass is 529 g/mol. The molecule has 0 bridgehead atoms. The molecule has 1 aromatic heterocycles. The normalized spacial score (nSPS) is 18.0. The molecular formula is C28H37F2N5O3. The van der Waals surface area contributed by atoms with Crippen LogP contribution in [0.15, 0.2) is 42.3 Å². The molecule has 2 aromatic rings. The van der Waals surface area contributed by atoms with Crippen molar-refractivity contribution in [1.29, 1.82) is 0 Å². The molecule has 0 unspecified atom stereocenters. The lowest BCUT2D eigenvalue weighted by atomic mass is 10.0. The van der Waals surface area contributed by atoms with Crippen molar-refractivity contribution in [1.82, 2.24) is 19.8 Å². The van der Waals surface area contributed by atoms with Crippen LogP contribution in [0.25, 0.3) is 10.9 Å². The van der Waals surface area contributed by atoms with Crippen molar-refractivity contribution in [2.75, 3.05) is 84.2 Å². The number of fused-ring (bicyclic) bond motifs is 1. The molecule has 2 aliphatic heterocycles. The molecule has 3 heterocycles. The molecular weight excluding hydrogens is 492 g/mol. The molecule has 0 radical (unpaired) electrons. The topological polar surface area (TPSA) is 74.2 Å². The predicted molar refractivity (Wildman–Crippen MR) is 145 cm³/mol. The second kappa shape index (κ2) is 13.2. The fourth-order valence-electron chi connectivity index (χ4n) is 4.56. The van der Waals surface area contributed by atoms with Crippen LogP contribution in [0.3, 0.4) is 0 Å². The molecule has 2 saturated heterocycles. The minimum absolute atomic E-state index is 0.120. The highest BCUT2D eigenvalue weighted by atomic mass is 19.1. The van der Waals surface area contributed by atoms with E-state index in [1.165, 1.54) is 18.2 Å². The molecule has 0 atom stereocenters. The molecule has 206 valence electrons. The number of piperazine rings is 1. The van der Waals surface area contributed by atoms with Crippen molar-refractivity contribution in [3.8, 4) is 6.01 Å². The number of morpholine rings is 1. The number of aliphatic hydroxyl groups is 1. The largest absolute Gasteiger partial charge is 0.462 e. The van der Waals surface area contributed by atoms with Gasteiger partial charge in [-0.2, -0.15) is 9.97 Å². The van der Waals surface area contributed by atoms with Crippen molar-refractivity contribution >= 4 is 16.7 Å². The zero-order valence-corrected chi connectivity index (χ0v) is 22.3. The average Bonchev–Trinajstić information content (AvgIpc) is 2.92. The van der Waals surface area contributed by atoms with E-state index in [2.05, 4.69) is 33.3 Å². The SMILES string of the molecule is C=C(/C=C\C=C(\F)Cc1c(C)cc2c(N3CCN(C)CC3)nc(OCCN3CCOCC3)nc2c1F)CO. The van der Waals surface area contributed by atoms with Crippen molar-refractivity contribution in [3.63, 3.8) is 0 Å². The van der Waals surface area contributed by atoms with Gasteiger partial charge in [0.2, 0.25) is 0 Å². The minimum atomic E-state index is -0.567. The summed E-state index contributed by atoms with van der Waals surface area (Å²) in [6.45, 7) is 12.6.